The molecule has 29 heavy (non-hydrogen) atoms. The summed E-state index contributed by atoms with van der Waals surface area (Å²) >= 11 is 0. The van der Waals surface area contributed by atoms with E-state index < -0.39 is 48.2 Å². The summed E-state index contributed by atoms with van der Waals surface area (Å²) in [5.41, 5.74) is -0.245. The van der Waals surface area contributed by atoms with Gasteiger partial charge in [-0.05, 0) is 38.3 Å². The molecule has 0 aromatic heterocycles. The van der Waals surface area contributed by atoms with E-state index in [1.165, 1.54) is 6.92 Å². The zero-order valence-corrected chi connectivity index (χ0v) is 17.0. The molecule has 8 heteroatoms. The van der Waals surface area contributed by atoms with E-state index >= 15 is 0 Å². The molecule has 2 aliphatic rings. The summed E-state index contributed by atoms with van der Waals surface area (Å²) in [4.78, 5) is 35.8. The first-order valence-corrected chi connectivity index (χ1v) is 9.47. The molecule has 0 radical (unpaired) electrons. The number of hydrogen-bond donors (Lipinski definition) is 2. The van der Waals surface area contributed by atoms with Gasteiger partial charge in [0.15, 0.2) is 5.60 Å². The minimum Gasteiger partial charge on any atom is -0.461 e. The molecule has 1 heterocycles. The molecule has 0 unspecified atom stereocenters. The predicted molar refractivity (Wildman–Crippen MR) is 102 cm³/mol. The SMILES string of the molecule is C=C1C(=O)O[C@H]2C/C(C)=C\CC/C(COC(C)=O)=C\[C@H](OC(=O)[C@@](C)(O)CO)[C@@H]12. The molecule has 4 atom stereocenters. The Balaban J connectivity index is 2.44. The van der Waals surface area contributed by atoms with Crippen LogP contribution < -0.4 is 0 Å². The zero-order valence-electron chi connectivity index (χ0n) is 17.0. The largest absolute Gasteiger partial charge is 0.461 e. The van der Waals surface area contributed by atoms with Crippen LogP contribution in [0.4, 0.5) is 0 Å². The minimum atomic E-state index is -2.10. The lowest BCUT2D eigenvalue weighted by Gasteiger charge is -2.29. The monoisotopic (exact) mass is 408 g/mol. The van der Waals surface area contributed by atoms with Gasteiger partial charge >= 0.3 is 17.9 Å². The maximum Gasteiger partial charge on any atom is 0.340 e. The average Bonchev–Trinajstić information content (AvgIpc) is 2.91. The molecule has 8 nitrogen and oxygen atoms in total. The van der Waals surface area contributed by atoms with E-state index in [1.54, 1.807) is 6.08 Å². The van der Waals surface area contributed by atoms with Crippen molar-refractivity contribution in [1.82, 2.24) is 0 Å². The normalized spacial score (nSPS) is 30.6. The Morgan fingerprint density at radius 1 is 1.41 bits per heavy atom. The van der Waals surface area contributed by atoms with Gasteiger partial charge in [0.05, 0.1) is 12.5 Å². The molecule has 0 spiro atoms. The highest BCUT2D eigenvalue weighted by Crippen LogP contribution is 2.37. The fraction of sp³-hybridized carbons (Fsp3) is 0.571. The number of esters is 3. The van der Waals surface area contributed by atoms with Crippen LogP contribution in [0.15, 0.2) is 35.5 Å². The van der Waals surface area contributed by atoms with Crippen molar-refractivity contribution in [3.63, 3.8) is 0 Å². The van der Waals surface area contributed by atoms with Crippen LogP contribution in [-0.4, -0.2) is 59.1 Å². The van der Waals surface area contributed by atoms with Crippen LogP contribution in [0.3, 0.4) is 0 Å². The van der Waals surface area contributed by atoms with E-state index in [-0.39, 0.29) is 12.2 Å². The van der Waals surface area contributed by atoms with Gasteiger partial charge in [-0.25, -0.2) is 9.59 Å². The molecule has 2 rings (SSSR count). The summed E-state index contributed by atoms with van der Waals surface area (Å²) in [6.07, 6.45) is 3.73. The van der Waals surface area contributed by atoms with Crippen molar-refractivity contribution in [2.45, 2.75) is 57.8 Å². The third-order valence-electron chi connectivity index (χ3n) is 5.01. The first-order chi connectivity index (χ1) is 13.5. The average molecular weight is 408 g/mol. The molecule has 1 fully saturated rings. The second-order valence-electron chi connectivity index (χ2n) is 7.70. The Bertz CT molecular complexity index is 746. The summed E-state index contributed by atoms with van der Waals surface area (Å²) in [7, 11) is 0. The third kappa shape index (κ3) is 5.77. The number of rotatable bonds is 5. The van der Waals surface area contributed by atoms with Crippen LogP contribution in [0.5, 0.6) is 0 Å². The van der Waals surface area contributed by atoms with Gasteiger partial charge in [-0.2, -0.15) is 0 Å². The first-order valence-electron chi connectivity index (χ1n) is 9.47. The van der Waals surface area contributed by atoms with Crippen LogP contribution in [-0.2, 0) is 28.6 Å². The van der Waals surface area contributed by atoms with E-state index in [0.717, 1.165) is 12.5 Å². The highest BCUT2D eigenvalue weighted by atomic mass is 16.6. The number of aliphatic hydroxyl groups is 2. The van der Waals surface area contributed by atoms with E-state index in [4.69, 9.17) is 14.2 Å². The number of carbonyl (C=O) groups excluding carboxylic acids is 3. The summed E-state index contributed by atoms with van der Waals surface area (Å²) < 4.78 is 16.0. The Morgan fingerprint density at radius 2 is 2.10 bits per heavy atom. The molecular weight excluding hydrogens is 380 g/mol. The summed E-state index contributed by atoms with van der Waals surface area (Å²) in [6, 6.07) is 0. The van der Waals surface area contributed by atoms with Gasteiger partial charge in [-0.3, -0.25) is 4.79 Å². The number of allylic oxidation sites excluding steroid dienone is 1. The second kappa shape index (κ2) is 9.37. The van der Waals surface area contributed by atoms with Crippen molar-refractivity contribution in [3.8, 4) is 0 Å². The van der Waals surface area contributed by atoms with Crippen molar-refractivity contribution >= 4 is 17.9 Å². The molecule has 1 aliphatic carbocycles. The summed E-state index contributed by atoms with van der Waals surface area (Å²) in [5.74, 6) is -2.73. The van der Waals surface area contributed by atoms with Gasteiger partial charge in [0, 0.05) is 18.9 Å². The van der Waals surface area contributed by atoms with Crippen molar-refractivity contribution in [2.75, 3.05) is 13.2 Å². The third-order valence-corrected chi connectivity index (χ3v) is 5.01. The van der Waals surface area contributed by atoms with Crippen LogP contribution >= 0.6 is 0 Å². The van der Waals surface area contributed by atoms with E-state index in [0.29, 0.717) is 24.8 Å². The molecule has 0 aromatic rings. The van der Waals surface area contributed by atoms with E-state index in [2.05, 4.69) is 6.58 Å². The van der Waals surface area contributed by atoms with Crippen LogP contribution in [0.1, 0.15) is 40.0 Å². The van der Waals surface area contributed by atoms with Crippen LogP contribution in [0.2, 0.25) is 0 Å². The van der Waals surface area contributed by atoms with Gasteiger partial charge < -0.3 is 24.4 Å². The van der Waals surface area contributed by atoms with E-state index in [9.17, 15) is 24.6 Å². The maximum absolute atomic E-state index is 12.4. The van der Waals surface area contributed by atoms with Crippen molar-refractivity contribution < 1.29 is 38.8 Å². The predicted octanol–water partition coefficient (Wildman–Crippen LogP) is 1.36. The fourth-order valence-electron chi connectivity index (χ4n) is 3.29. The van der Waals surface area contributed by atoms with Gasteiger partial charge in [0.25, 0.3) is 0 Å². The molecule has 0 amide bonds. The first kappa shape index (κ1) is 22.8. The van der Waals surface area contributed by atoms with Gasteiger partial charge in [0.2, 0.25) is 0 Å². The lowest BCUT2D eigenvalue weighted by molar-refractivity contribution is -0.173. The number of carbonyl (C=O) groups is 3. The number of fused-ring (bicyclic) bond motifs is 1. The Labute approximate surface area is 169 Å². The van der Waals surface area contributed by atoms with Crippen molar-refractivity contribution in [3.05, 3.63) is 35.5 Å². The van der Waals surface area contributed by atoms with Crippen molar-refractivity contribution in [1.29, 1.82) is 0 Å². The Kier molecular flexibility index (Phi) is 7.37. The quantitative estimate of drug-likeness (QED) is 0.303. The molecule has 0 saturated carbocycles. The highest BCUT2D eigenvalue weighted by molar-refractivity contribution is 5.91. The van der Waals surface area contributed by atoms with Gasteiger partial charge in [0.1, 0.15) is 18.8 Å². The molecule has 1 saturated heterocycles. The highest BCUT2D eigenvalue weighted by Gasteiger charge is 2.46. The number of aliphatic hydroxyl groups excluding tert-OH is 1. The lowest BCUT2D eigenvalue weighted by Crippen LogP contribution is -2.44. The second-order valence-corrected chi connectivity index (χ2v) is 7.70. The fourth-order valence-corrected chi connectivity index (χ4v) is 3.29. The zero-order chi connectivity index (χ0) is 21.8. The molecular formula is C21H28O8. The summed E-state index contributed by atoms with van der Waals surface area (Å²) in [5, 5.41) is 19.3. The maximum atomic E-state index is 12.4. The Hall–Kier alpha value is -2.45. The molecule has 0 aromatic carbocycles. The van der Waals surface area contributed by atoms with Crippen LogP contribution in [0, 0.1) is 5.92 Å². The standard InChI is InChI=1S/C21H28O8/c1-12-6-5-7-15(10-27-14(3)23)9-17(29-20(25)21(4,26)11-22)18-13(2)19(24)28-16(18)8-12/h6,9,16-18,22,26H,2,5,7-8,10-11H2,1,3-4H3/b12-6-,15-9+/t16-,17-,18-,21-/m0/s1. The molecule has 160 valence electrons. The van der Waals surface area contributed by atoms with Crippen LogP contribution in [0.25, 0.3) is 0 Å². The van der Waals surface area contributed by atoms with Gasteiger partial charge in [-0.15, -0.1) is 0 Å². The topological polar surface area (TPSA) is 119 Å². The molecule has 0 bridgehead atoms. The molecule has 1 aliphatic heterocycles. The number of hydrogen-bond acceptors (Lipinski definition) is 8. The van der Waals surface area contributed by atoms with E-state index in [1.807, 2.05) is 13.0 Å². The molecule has 2 N–H and O–H groups in total. The lowest BCUT2D eigenvalue weighted by atomic mass is 9.85. The summed E-state index contributed by atoms with van der Waals surface area (Å²) in [6.45, 7) is 7.32. The van der Waals surface area contributed by atoms with Gasteiger partial charge in [-0.1, -0.05) is 18.2 Å². The minimum absolute atomic E-state index is 0.00529. The smallest absolute Gasteiger partial charge is 0.340 e. The Morgan fingerprint density at radius 3 is 2.72 bits per heavy atom. The van der Waals surface area contributed by atoms with Crippen molar-refractivity contribution in [2.24, 2.45) is 5.92 Å². The number of ether oxygens (including phenoxy) is 3.